The van der Waals surface area contributed by atoms with E-state index in [4.69, 9.17) is 15.6 Å². The van der Waals surface area contributed by atoms with Crippen molar-refractivity contribution in [3.63, 3.8) is 0 Å². The molecule has 0 aromatic heterocycles. The van der Waals surface area contributed by atoms with Crippen LogP contribution in [0.15, 0.2) is 12.1 Å². The highest BCUT2D eigenvalue weighted by Gasteiger charge is 2.30. The van der Waals surface area contributed by atoms with Crippen LogP contribution < -0.4 is 10.5 Å². The highest BCUT2D eigenvalue weighted by atomic mass is 16.5. The first-order valence-corrected chi connectivity index (χ1v) is 9.27. The lowest BCUT2D eigenvalue weighted by Gasteiger charge is -2.12. The highest BCUT2D eigenvalue weighted by Crippen LogP contribution is 2.43. The third-order valence-electron chi connectivity index (χ3n) is 4.87. The standard InChI is InChI=1S/C13H14O3.C7H17N/c14-12(15)7-9-2-1-8-3-4-11-10(13(8)9)5-6-16-11;1-3-4-5-6-7(2)8/h3-4,9H,1-2,5-7H2,(H,14,15);7H,3-6,8H2,1-2H3/t9-;7-/m11/s1. The van der Waals surface area contributed by atoms with Crippen molar-refractivity contribution < 1.29 is 14.6 Å². The summed E-state index contributed by atoms with van der Waals surface area (Å²) >= 11 is 0. The Bertz CT molecular complexity index is 554. The number of nitrogens with two attached hydrogens (primary N) is 1. The van der Waals surface area contributed by atoms with Gasteiger partial charge in [0.2, 0.25) is 0 Å². The number of carboxylic acids is 1. The van der Waals surface area contributed by atoms with Crippen LogP contribution in [0.4, 0.5) is 0 Å². The zero-order valence-electron chi connectivity index (χ0n) is 15.0. The fraction of sp³-hybridized carbons (Fsp3) is 0.650. The van der Waals surface area contributed by atoms with E-state index in [1.165, 1.54) is 42.4 Å². The largest absolute Gasteiger partial charge is 0.493 e. The summed E-state index contributed by atoms with van der Waals surface area (Å²) in [4.78, 5) is 10.8. The number of unbranched alkanes of at least 4 members (excludes halogenated alkanes) is 2. The van der Waals surface area contributed by atoms with Crippen LogP contribution >= 0.6 is 0 Å². The Hall–Kier alpha value is -1.55. The number of fused-ring (bicyclic) bond motifs is 3. The molecule has 0 fully saturated rings. The average Bonchev–Trinajstić information content (AvgIpc) is 3.13. The van der Waals surface area contributed by atoms with Crippen molar-refractivity contribution in [2.45, 2.75) is 77.2 Å². The molecule has 134 valence electrons. The molecule has 0 radical (unpaired) electrons. The predicted octanol–water partition coefficient (Wildman–Crippen LogP) is 4.04. The first kappa shape index (κ1) is 18.8. The molecule has 0 spiro atoms. The van der Waals surface area contributed by atoms with Gasteiger partial charge in [-0.05, 0) is 49.3 Å². The predicted molar refractivity (Wildman–Crippen MR) is 96.7 cm³/mol. The maximum Gasteiger partial charge on any atom is 0.303 e. The van der Waals surface area contributed by atoms with Gasteiger partial charge in [-0.1, -0.05) is 32.3 Å². The Morgan fingerprint density at radius 2 is 2.17 bits per heavy atom. The third kappa shape index (κ3) is 4.97. The van der Waals surface area contributed by atoms with Crippen molar-refractivity contribution in [1.29, 1.82) is 0 Å². The molecule has 4 nitrogen and oxygen atoms in total. The second-order valence-electron chi connectivity index (χ2n) is 7.02. The van der Waals surface area contributed by atoms with E-state index in [9.17, 15) is 4.79 Å². The van der Waals surface area contributed by atoms with Crippen LogP contribution in [0.5, 0.6) is 5.75 Å². The van der Waals surface area contributed by atoms with Gasteiger partial charge >= 0.3 is 5.97 Å². The number of aryl methyl sites for hydroxylation is 1. The van der Waals surface area contributed by atoms with Crippen molar-refractivity contribution in [2.75, 3.05) is 6.61 Å². The molecule has 3 N–H and O–H groups in total. The lowest BCUT2D eigenvalue weighted by atomic mass is 9.92. The molecule has 0 amide bonds. The number of carbonyl (C=O) groups is 1. The molecule has 3 rings (SSSR count). The molecule has 2 aliphatic rings. The van der Waals surface area contributed by atoms with Crippen LogP contribution in [0.3, 0.4) is 0 Å². The number of aliphatic carboxylic acids is 1. The molecule has 0 saturated heterocycles. The van der Waals surface area contributed by atoms with Crippen molar-refractivity contribution in [1.82, 2.24) is 0 Å². The highest BCUT2D eigenvalue weighted by molar-refractivity contribution is 5.69. The monoisotopic (exact) mass is 333 g/mol. The molecule has 1 aliphatic heterocycles. The van der Waals surface area contributed by atoms with Crippen LogP contribution in [0.1, 0.15) is 75.0 Å². The first-order chi connectivity index (χ1) is 11.5. The molecule has 24 heavy (non-hydrogen) atoms. The molecule has 0 saturated carbocycles. The number of rotatable bonds is 6. The quantitative estimate of drug-likeness (QED) is 0.771. The van der Waals surface area contributed by atoms with Gasteiger partial charge in [0, 0.05) is 18.0 Å². The maximum absolute atomic E-state index is 10.8. The van der Waals surface area contributed by atoms with Gasteiger partial charge in [0.25, 0.3) is 0 Å². The van der Waals surface area contributed by atoms with Crippen LogP contribution in [-0.2, 0) is 17.6 Å². The Balaban J connectivity index is 0.000000224. The molecule has 1 aliphatic carbocycles. The van der Waals surface area contributed by atoms with Gasteiger partial charge in [-0.3, -0.25) is 4.79 Å². The van der Waals surface area contributed by atoms with Crippen LogP contribution in [0.2, 0.25) is 0 Å². The fourth-order valence-electron chi connectivity index (χ4n) is 3.68. The zero-order valence-corrected chi connectivity index (χ0v) is 15.0. The smallest absolute Gasteiger partial charge is 0.303 e. The Morgan fingerprint density at radius 3 is 2.83 bits per heavy atom. The number of hydrogen-bond acceptors (Lipinski definition) is 3. The Kier molecular flexibility index (Phi) is 7.10. The molecule has 0 bridgehead atoms. The molecule has 2 atom stereocenters. The summed E-state index contributed by atoms with van der Waals surface area (Å²) in [5.74, 6) is 0.467. The van der Waals surface area contributed by atoms with Crippen molar-refractivity contribution in [3.05, 3.63) is 28.8 Å². The molecular weight excluding hydrogens is 302 g/mol. The minimum atomic E-state index is -0.700. The molecule has 1 heterocycles. The summed E-state index contributed by atoms with van der Waals surface area (Å²) in [6, 6.07) is 4.53. The number of ether oxygens (including phenoxy) is 1. The zero-order chi connectivity index (χ0) is 17.5. The van der Waals surface area contributed by atoms with E-state index < -0.39 is 5.97 Å². The van der Waals surface area contributed by atoms with Crippen LogP contribution in [-0.4, -0.2) is 23.7 Å². The van der Waals surface area contributed by atoms with Gasteiger partial charge in [0.05, 0.1) is 13.0 Å². The van der Waals surface area contributed by atoms with Crippen LogP contribution in [0.25, 0.3) is 0 Å². The summed E-state index contributed by atoms with van der Waals surface area (Å²) < 4.78 is 5.53. The summed E-state index contributed by atoms with van der Waals surface area (Å²) in [6.45, 7) is 5.02. The average molecular weight is 333 g/mol. The van der Waals surface area contributed by atoms with Crippen molar-refractivity contribution >= 4 is 5.97 Å². The van der Waals surface area contributed by atoms with E-state index in [1.54, 1.807) is 0 Å². The molecule has 1 aromatic carbocycles. The normalized spacial score (nSPS) is 18.9. The molecule has 0 unspecified atom stereocenters. The summed E-state index contributed by atoms with van der Waals surface area (Å²) in [5, 5.41) is 8.92. The second kappa shape index (κ2) is 9.07. The van der Waals surface area contributed by atoms with E-state index in [-0.39, 0.29) is 12.3 Å². The van der Waals surface area contributed by atoms with E-state index in [0.29, 0.717) is 6.04 Å². The van der Waals surface area contributed by atoms with Gasteiger partial charge in [-0.15, -0.1) is 0 Å². The Labute approximate surface area is 145 Å². The topological polar surface area (TPSA) is 72.6 Å². The van der Waals surface area contributed by atoms with E-state index in [0.717, 1.165) is 31.6 Å². The molecule has 1 aromatic rings. The fourth-order valence-corrected chi connectivity index (χ4v) is 3.68. The van der Waals surface area contributed by atoms with Gasteiger partial charge in [-0.25, -0.2) is 0 Å². The summed E-state index contributed by atoms with van der Waals surface area (Å²) in [5.41, 5.74) is 9.40. The lowest BCUT2D eigenvalue weighted by Crippen LogP contribution is -2.13. The minimum Gasteiger partial charge on any atom is -0.493 e. The third-order valence-corrected chi connectivity index (χ3v) is 4.87. The SMILES string of the molecule is CCCCC[C@@H](C)N.O=C(O)C[C@H]1CCc2ccc3c(c21)CCO3. The van der Waals surface area contributed by atoms with Crippen LogP contribution in [0, 0.1) is 0 Å². The Morgan fingerprint density at radius 1 is 1.38 bits per heavy atom. The molecular formula is C20H31NO3. The van der Waals surface area contributed by atoms with E-state index in [1.807, 2.05) is 6.07 Å². The second-order valence-corrected chi connectivity index (χ2v) is 7.02. The van der Waals surface area contributed by atoms with Crippen molar-refractivity contribution in [2.24, 2.45) is 5.73 Å². The number of hydrogen-bond donors (Lipinski definition) is 2. The lowest BCUT2D eigenvalue weighted by molar-refractivity contribution is -0.137. The minimum absolute atomic E-state index is 0.198. The summed E-state index contributed by atoms with van der Waals surface area (Å²) in [6.07, 6.45) is 8.30. The van der Waals surface area contributed by atoms with Gasteiger partial charge in [-0.2, -0.15) is 0 Å². The van der Waals surface area contributed by atoms with Gasteiger partial charge in [0.1, 0.15) is 5.75 Å². The number of benzene rings is 1. The first-order valence-electron chi connectivity index (χ1n) is 9.27. The summed E-state index contributed by atoms with van der Waals surface area (Å²) in [7, 11) is 0. The van der Waals surface area contributed by atoms with Crippen molar-refractivity contribution in [3.8, 4) is 5.75 Å². The maximum atomic E-state index is 10.8. The van der Waals surface area contributed by atoms with Gasteiger partial charge < -0.3 is 15.6 Å². The number of carboxylic acid groups (broad SMARTS) is 1. The molecule has 4 heteroatoms. The van der Waals surface area contributed by atoms with E-state index in [2.05, 4.69) is 19.9 Å². The van der Waals surface area contributed by atoms with E-state index >= 15 is 0 Å². The van der Waals surface area contributed by atoms with Gasteiger partial charge in [0.15, 0.2) is 0 Å².